The minimum absolute atomic E-state index is 0.124. The van der Waals surface area contributed by atoms with Crippen LogP contribution in [0, 0.1) is 0 Å². The molecule has 0 saturated heterocycles. The van der Waals surface area contributed by atoms with Crippen molar-refractivity contribution in [2.75, 3.05) is 0 Å². The van der Waals surface area contributed by atoms with Crippen LogP contribution >= 0.6 is 0 Å². The van der Waals surface area contributed by atoms with Crippen molar-refractivity contribution in [2.24, 2.45) is 0 Å². The lowest BCUT2D eigenvalue weighted by molar-refractivity contribution is 0.373. The molecule has 0 aliphatic carbocycles. The molecule has 4 rings (SSSR count). The third kappa shape index (κ3) is 2.74. The molecule has 3 aromatic rings. The molecule has 0 spiro atoms. The van der Waals surface area contributed by atoms with Gasteiger partial charge in [-0.15, -0.1) is 0 Å². The molecule has 0 fully saturated rings. The molecule has 0 saturated carbocycles. The monoisotopic (exact) mass is 399 g/mol. The average Bonchev–Trinajstić information content (AvgIpc) is 3.08. The van der Waals surface area contributed by atoms with E-state index in [0.717, 1.165) is 16.4 Å². The highest BCUT2D eigenvalue weighted by Crippen LogP contribution is 2.49. The summed E-state index contributed by atoms with van der Waals surface area (Å²) < 4.78 is 27.8. The lowest BCUT2D eigenvalue weighted by Gasteiger charge is -2.25. The maximum absolute atomic E-state index is 13.4. The lowest BCUT2D eigenvalue weighted by Crippen LogP contribution is -2.30. The maximum Gasteiger partial charge on any atom is 0.247 e. The smallest absolute Gasteiger partial charge is 0.247 e. The first-order chi connectivity index (χ1) is 13.3. The topological polar surface area (TPSA) is 118 Å². The Bertz CT molecular complexity index is 1160. The molecule has 3 aromatic carbocycles. The zero-order valence-corrected chi connectivity index (χ0v) is 15.3. The van der Waals surface area contributed by atoms with Crippen LogP contribution in [0.15, 0.2) is 65.6 Å². The van der Waals surface area contributed by atoms with Gasteiger partial charge in [0.1, 0.15) is 27.9 Å². The zero-order valence-electron chi connectivity index (χ0n) is 14.5. The molecular weight excluding hydrogens is 382 g/mol. The van der Waals surface area contributed by atoms with Crippen LogP contribution in [0.5, 0.6) is 23.0 Å². The molecule has 1 aliphatic heterocycles. The van der Waals surface area contributed by atoms with E-state index in [-0.39, 0.29) is 28.7 Å². The van der Waals surface area contributed by atoms with Crippen molar-refractivity contribution in [1.29, 1.82) is 0 Å². The van der Waals surface area contributed by atoms with Gasteiger partial charge in [-0.25, -0.2) is 8.42 Å². The molecule has 0 amide bonds. The number of phenols is 4. The maximum atomic E-state index is 13.4. The molecule has 0 radical (unpaired) electrons. The summed E-state index contributed by atoms with van der Waals surface area (Å²) in [6.07, 6.45) is 0. The number of hydrogen-bond donors (Lipinski definition) is 4. The third-order valence-corrected chi connectivity index (χ3v) is 6.69. The average molecular weight is 399 g/mol. The first-order valence-electron chi connectivity index (χ1n) is 8.43. The summed E-state index contributed by atoms with van der Waals surface area (Å²) in [4.78, 5) is -0.377. The van der Waals surface area contributed by atoms with Gasteiger partial charge in [-0.05, 0) is 29.8 Å². The summed E-state index contributed by atoms with van der Waals surface area (Å²) in [7, 11) is -4.23. The van der Waals surface area contributed by atoms with Crippen molar-refractivity contribution in [2.45, 2.75) is 17.5 Å². The molecular formula is C20H17NO6S. The van der Waals surface area contributed by atoms with Crippen molar-refractivity contribution in [3.63, 3.8) is 0 Å². The van der Waals surface area contributed by atoms with Gasteiger partial charge in [-0.1, -0.05) is 30.3 Å². The minimum Gasteiger partial charge on any atom is -0.508 e. The molecule has 7 nitrogen and oxygen atoms in total. The van der Waals surface area contributed by atoms with Gasteiger partial charge >= 0.3 is 0 Å². The zero-order chi connectivity index (χ0) is 20.1. The normalized spacial score (nSPS) is 16.8. The fourth-order valence-electron chi connectivity index (χ4n) is 3.55. The van der Waals surface area contributed by atoms with Gasteiger partial charge in [0.2, 0.25) is 10.0 Å². The van der Waals surface area contributed by atoms with E-state index in [1.807, 2.05) is 0 Å². The highest BCUT2D eigenvalue weighted by atomic mass is 32.2. The molecule has 0 bridgehead atoms. The van der Waals surface area contributed by atoms with Crippen molar-refractivity contribution in [3.05, 3.63) is 77.4 Å². The summed E-state index contributed by atoms with van der Waals surface area (Å²) >= 11 is 0. The van der Waals surface area contributed by atoms with Gasteiger partial charge in [-0.3, -0.25) is 0 Å². The highest BCUT2D eigenvalue weighted by Gasteiger charge is 2.43. The van der Waals surface area contributed by atoms with Crippen LogP contribution < -0.4 is 0 Å². The largest absolute Gasteiger partial charge is 0.508 e. The molecule has 1 heterocycles. The quantitative estimate of drug-likeness (QED) is 0.503. The van der Waals surface area contributed by atoms with Gasteiger partial charge in [0.05, 0.1) is 6.04 Å². The van der Waals surface area contributed by atoms with Crippen LogP contribution in [0.2, 0.25) is 0 Å². The predicted octanol–water partition coefficient (Wildman–Crippen LogP) is 2.80. The first kappa shape index (κ1) is 18.1. The van der Waals surface area contributed by atoms with Crippen LogP contribution in [-0.4, -0.2) is 33.1 Å². The molecule has 4 N–H and O–H groups in total. The second kappa shape index (κ2) is 6.43. The van der Waals surface area contributed by atoms with Crippen molar-refractivity contribution in [1.82, 2.24) is 4.31 Å². The molecule has 1 unspecified atom stereocenters. The summed E-state index contributed by atoms with van der Waals surface area (Å²) in [6.45, 7) is -0.183. The van der Waals surface area contributed by atoms with Gasteiger partial charge in [0.25, 0.3) is 0 Å². The van der Waals surface area contributed by atoms with Crippen LogP contribution in [0.4, 0.5) is 0 Å². The van der Waals surface area contributed by atoms with E-state index < -0.39 is 21.8 Å². The predicted molar refractivity (Wildman–Crippen MR) is 101 cm³/mol. The molecule has 1 aliphatic rings. The van der Waals surface area contributed by atoms with E-state index in [0.29, 0.717) is 16.7 Å². The van der Waals surface area contributed by atoms with E-state index in [4.69, 9.17) is 0 Å². The highest BCUT2D eigenvalue weighted by molar-refractivity contribution is 7.89. The van der Waals surface area contributed by atoms with Gasteiger partial charge in [0.15, 0.2) is 0 Å². The number of benzene rings is 3. The number of aromatic hydroxyl groups is 4. The van der Waals surface area contributed by atoms with Crippen molar-refractivity contribution >= 4 is 10.0 Å². The standard InChI is InChI=1S/C20H17NO6S/c22-13-6-9-18(17(25)10-13)28(26,27)21-11-14-15(23)7-8-16(24)19(14)20(21)12-4-2-1-3-5-12/h1-10,20,22-25H,11H2. The van der Waals surface area contributed by atoms with Gasteiger partial charge in [0, 0.05) is 23.7 Å². The molecule has 144 valence electrons. The summed E-state index contributed by atoms with van der Waals surface area (Å²) in [5.74, 6) is -1.11. The fraction of sp³-hybridized carbons (Fsp3) is 0.100. The molecule has 0 aromatic heterocycles. The molecule has 8 heteroatoms. The van der Waals surface area contributed by atoms with Crippen molar-refractivity contribution < 1.29 is 28.8 Å². The summed E-state index contributed by atoms with van der Waals surface area (Å²) in [5.41, 5.74) is 1.20. The third-order valence-electron chi connectivity index (χ3n) is 4.83. The molecule has 1 atom stereocenters. The van der Waals surface area contributed by atoms with E-state index in [1.165, 1.54) is 18.2 Å². The van der Waals surface area contributed by atoms with Crippen LogP contribution in [0.3, 0.4) is 0 Å². The van der Waals surface area contributed by atoms with E-state index in [9.17, 15) is 28.8 Å². The van der Waals surface area contributed by atoms with Gasteiger partial charge in [-0.2, -0.15) is 4.31 Å². The Morgan fingerprint density at radius 1 is 0.821 bits per heavy atom. The van der Waals surface area contributed by atoms with Crippen molar-refractivity contribution in [3.8, 4) is 23.0 Å². The molecule has 28 heavy (non-hydrogen) atoms. The Morgan fingerprint density at radius 3 is 2.18 bits per heavy atom. The number of phenolic OH excluding ortho intramolecular Hbond substituents is 4. The Morgan fingerprint density at radius 2 is 1.50 bits per heavy atom. The first-order valence-corrected chi connectivity index (χ1v) is 9.87. The lowest BCUT2D eigenvalue weighted by atomic mass is 9.97. The Labute approximate surface area is 161 Å². The Kier molecular flexibility index (Phi) is 4.17. The summed E-state index contributed by atoms with van der Waals surface area (Å²) in [5, 5.41) is 40.3. The Balaban J connectivity index is 1.93. The fourth-order valence-corrected chi connectivity index (χ4v) is 5.17. The van der Waals surface area contributed by atoms with Crippen LogP contribution in [0.1, 0.15) is 22.7 Å². The second-order valence-electron chi connectivity index (χ2n) is 6.51. The van der Waals surface area contributed by atoms with Gasteiger partial charge < -0.3 is 20.4 Å². The van der Waals surface area contributed by atoms with Crippen LogP contribution in [0.25, 0.3) is 0 Å². The Hall–Kier alpha value is -3.23. The number of fused-ring (bicyclic) bond motifs is 1. The second-order valence-corrected chi connectivity index (χ2v) is 8.37. The number of hydrogen-bond acceptors (Lipinski definition) is 6. The summed E-state index contributed by atoms with van der Waals surface area (Å²) in [6, 6.07) is 13.7. The van der Waals surface area contributed by atoms with E-state index >= 15 is 0 Å². The number of rotatable bonds is 3. The number of nitrogens with zero attached hydrogens (tertiary/aromatic N) is 1. The SMILES string of the molecule is O=S(=O)(c1ccc(O)cc1O)N1Cc2c(O)ccc(O)c2C1c1ccccc1. The number of sulfonamides is 1. The van der Waals surface area contributed by atoms with Crippen LogP contribution in [-0.2, 0) is 16.6 Å². The van der Waals surface area contributed by atoms with E-state index in [1.54, 1.807) is 30.3 Å². The minimum atomic E-state index is -4.23. The van der Waals surface area contributed by atoms with E-state index in [2.05, 4.69) is 0 Å².